The summed E-state index contributed by atoms with van der Waals surface area (Å²) >= 11 is 3.34. The van der Waals surface area contributed by atoms with Crippen LogP contribution in [0.2, 0.25) is 0 Å². The minimum atomic E-state index is 0.228. The molecule has 1 saturated heterocycles. The highest BCUT2D eigenvalue weighted by Crippen LogP contribution is 2.40. The predicted octanol–water partition coefficient (Wildman–Crippen LogP) is 4.14. The van der Waals surface area contributed by atoms with E-state index >= 15 is 0 Å². The van der Waals surface area contributed by atoms with Crippen molar-refractivity contribution >= 4 is 44.4 Å². The lowest BCUT2D eigenvalue weighted by Gasteiger charge is -2.34. The van der Waals surface area contributed by atoms with Gasteiger partial charge in [-0.2, -0.15) is 0 Å². The lowest BCUT2D eigenvalue weighted by atomic mass is 10.3. The molecule has 0 atom stereocenters. The second kappa shape index (κ2) is 9.57. The first-order valence-electron chi connectivity index (χ1n) is 9.91. The van der Waals surface area contributed by atoms with Crippen LogP contribution < -0.4 is 14.4 Å². The fraction of sp³-hybridized carbons (Fsp3) is 0.364. The minimum absolute atomic E-state index is 0.228. The van der Waals surface area contributed by atoms with Gasteiger partial charge in [0.15, 0.2) is 5.13 Å². The SMILES string of the molecule is COc1ccc(OC)c2sc(N3CCN(C(=O)CCSc4ccccc4)CC3)nc12. The van der Waals surface area contributed by atoms with Gasteiger partial charge in [-0.15, -0.1) is 11.8 Å². The first-order chi connectivity index (χ1) is 14.7. The van der Waals surface area contributed by atoms with Crippen LogP contribution in [0.15, 0.2) is 47.4 Å². The number of hydrogen-bond acceptors (Lipinski definition) is 7. The summed E-state index contributed by atoms with van der Waals surface area (Å²) in [5, 5.41) is 0.944. The van der Waals surface area contributed by atoms with Gasteiger partial charge in [0.1, 0.15) is 21.7 Å². The van der Waals surface area contributed by atoms with Gasteiger partial charge in [0.05, 0.1) is 14.2 Å². The fourth-order valence-corrected chi connectivity index (χ4v) is 5.48. The molecule has 0 bridgehead atoms. The number of nitrogens with zero attached hydrogens (tertiary/aromatic N) is 3. The molecule has 1 amide bonds. The van der Waals surface area contributed by atoms with Crippen molar-refractivity contribution in [3.8, 4) is 11.5 Å². The number of thiazole rings is 1. The molecule has 0 N–H and O–H groups in total. The van der Waals surface area contributed by atoms with Crippen LogP contribution >= 0.6 is 23.1 Å². The molecule has 0 saturated carbocycles. The van der Waals surface area contributed by atoms with Gasteiger partial charge >= 0.3 is 0 Å². The summed E-state index contributed by atoms with van der Waals surface area (Å²) < 4.78 is 11.9. The topological polar surface area (TPSA) is 54.9 Å². The number of fused-ring (bicyclic) bond motifs is 1. The Kier molecular flexibility index (Phi) is 6.64. The van der Waals surface area contributed by atoms with Crippen molar-refractivity contribution in [2.75, 3.05) is 51.1 Å². The Bertz CT molecular complexity index is 961. The molecule has 1 aliphatic heterocycles. The number of carbonyl (C=O) groups excluding carboxylic acids is 1. The monoisotopic (exact) mass is 443 g/mol. The average molecular weight is 444 g/mol. The zero-order chi connectivity index (χ0) is 20.9. The molecule has 0 aliphatic carbocycles. The van der Waals surface area contributed by atoms with Crippen molar-refractivity contribution in [2.45, 2.75) is 11.3 Å². The molecule has 158 valence electrons. The Morgan fingerprint density at radius 2 is 1.73 bits per heavy atom. The Hall–Kier alpha value is -2.45. The second-order valence-corrected chi connectivity index (χ2v) is 9.07. The Labute approximate surface area is 184 Å². The first-order valence-corrected chi connectivity index (χ1v) is 11.7. The van der Waals surface area contributed by atoms with Crippen molar-refractivity contribution in [1.29, 1.82) is 0 Å². The van der Waals surface area contributed by atoms with E-state index in [1.807, 2.05) is 35.2 Å². The number of rotatable bonds is 7. The highest BCUT2D eigenvalue weighted by Gasteiger charge is 2.24. The highest BCUT2D eigenvalue weighted by atomic mass is 32.2. The summed E-state index contributed by atoms with van der Waals surface area (Å²) in [6.45, 7) is 3.00. The largest absolute Gasteiger partial charge is 0.495 e. The van der Waals surface area contributed by atoms with Crippen LogP contribution in [-0.4, -0.2) is 61.9 Å². The summed E-state index contributed by atoms with van der Waals surface area (Å²) in [5.74, 6) is 2.59. The summed E-state index contributed by atoms with van der Waals surface area (Å²) in [6, 6.07) is 14.0. The smallest absolute Gasteiger partial charge is 0.223 e. The van der Waals surface area contributed by atoms with Crippen LogP contribution in [0.4, 0.5) is 5.13 Å². The molecular weight excluding hydrogens is 418 g/mol. The van der Waals surface area contributed by atoms with E-state index in [0.29, 0.717) is 6.42 Å². The Morgan fingerprint density at radius 1 is 1.03 bits per heavy atom. The number of amides is 1. The van der Waals surface area contributed by atoms with Crippen LogP contribution in [0.5, 0.6) is 11.5 Å². The maximum absolute atomic E-state index is 12.6. The van der Waals surface area contributed by atoms with Crippen molar-refractivity contribution in [3.63, 3.8) is 0 Å². The predicted molar refractivity (Wildman–Crippen MR) is 123 cm³/mol. The van der Waals surface area contributed by atoms with E-state index in [9.17, 15) is 4.79 Å². The number of thioether (sulfide) groups is 1. The van der Waals surface area contributed by atoms with Crippen molar-refractivity contribution in [1.82, 2.24) is 9.88 Å². The van der Waals surface area contributed by atoms with E-state index in [4.69, 9.17) is 14.5 Å². The molecule has 3 aromatic rings. The number of anilines is 1. The van der Waals surface area contributed by atoms with Crippen molar-refractivity contribution in [3.05, 3.63) is 42.5 Å². The molecule has 2 heterocycles. The highest BCUT2D eigenvalue weighted by molar-refractivity contribution is 7.99. The van der Waals surface area contributed by atoms with Gasteiger partial charge in [-0.05, 0) is 24.3 Å². The van der Waals surface area contributed by atoms with Gasteiger partial charge in [0, 0.05) is 43.2 Å². The van der Waals surface area contributed by atoms with Gasteiger partial charge < -0.3 is 19.3 Å². The van der Waals surface area contributed by atoms with Crippen LogP contribution in [0.3, 0.4) is 0 Å². The van der Waals surface area contributed by atoms with Gasteiger partial charge in [-0.3, -0.25) is 4.79 Å². The van der Waals surface area contributed by atoms with Crippen LogP contribution in [0.25, 0.3) is 10.2 Å². The van der Waals surface area contributed by atoms with Gasteiger partial charge in [-0.25, -0.2) is 4.98 Å². The van der Waals surface area contributed by atoms with Crippen LogP contribution in [0, 0.1) is 0 Å². The number of carbonyl (C=O) groups is 1. The molecule has 2 aromatic carbocycles. The number of methoxy groups -OCH3 is 2. The standard InChI is InChI=1S/C22H25N3O3S2/c1-27-17-8-9-18(28-2)21-20(17)23-22(30-21)25-13-11-24(12-14-25)19(26)10-15-29-16-6-4-3-5-7-16/h3-9H,10-15H2,1-2H3. The minimum Gasteiger partial charge on any atom is -0.495 e. The molecular formula is C22H25N3O3S2. The molecule has 4 rings (SSSR count). The molecule has 0 unspecified atom stereocenters. The van der Waals surface area contributed by atoms with E-state index in [1.165, 1.54) is 4.90 Å². The van der Waals surface area contributed by atoms with Crippen molar-refractivity contribution in [2.24, 2.45) is 0 Å². The van der Waals surface area contributed by atoms with Crippen molar-refractivity contribution < 1.29 is 14.3 Å². The zero-order valence-corrected chi connectivity index (χ0v) is 18.8. The van der Waals surface area contributed by atoms with E-state index in [2.05, 4.69) is 17.0 Å². The summed E-state index contributed by atoms with van der Waals surface area (Å²) in [4.78, 5) is 22.8. The van der Waals surface area contributed by atoms with Crippen LogP contribution in [-0.2, 0) is 4.79 Å². The molecule has 1 aliphatic rings. The quantitative estimate of drug-likeness (QED) is 0.512. The van der Waals surface area contributed by atoms with Crippen LogP contribution in [0.1, 0.15) is 6.42 Å². The number of ether oxygens (including phenoxy) is 2. The summed E-state index contributed by atoms with van der Waals surface area (Å²) in [7, 11) is 3.32. The maximum atomic E-state index is 12.6. The molecule has 6 nitrogen and oxygen atoms in total. The van der Waals surface area contributed by atoms with E-state index in [0.717, 1.165) is 58.8 Å². The third kappa shape index (κ3) is 4.49. The summed E-state index contributed by atoms with van der Waals surface area (Å²) in [6.07, 6.45) is 0.565. The third-order valence-electron chi connectivity index (χ3n) is 5.13. The Morgan fingerprint density at radius 3 is 2.43 bits per heavy atom. The molecule has 8 heteroatoms. The molecule has 0 spiro atoms. The molecule has 1 fully saturated rings. The number of aromatic nitrogens is 1. The van der Waals surface area contributed by atoms with E-state index in [-0.39, 0.29) is 5.91 Å². The van der Waals surface area contributed by atoms with Gasteiger partial charge in [0.25, 0.3) is 0 Å². The first kappa shape index (κ1) is 20.8. The van der Waals surface area contributed by atoms with E-state index < -0.39 is 0 Å². The van der Waals surface area contributed by atoms with Gasteiger partial charge in [-0.1, -0.05) is 29.5 Å². The number of benzene rings is 2. The lowest BCUT2D eigenvalue weighted by molar-refractivity contribution is -0.131. The van der Waals surface area contributed by atoms with Gasteiger partial charge in [0.2, 0.25) is 5.91 Å². The van der Waals surface area contributed by atoms with E-state index in [1.54, 1.807) is 37.3 Å². The normalized spacial score (nSPS) is 14.2. The average Bonchev–Trinajstić information content (AvgIpc) is 3.25. The number of hydrogen-bond donors (Lipinski definition) is 0. The molecule has 1 aromatic heterocycles. The third-order valence-corrected chi connectivity index (χ3v) is 7.27. The second-order valence-electron chi connectivity index (χ2n) is 6.92. The lowest BCUT2D eigenvalue weighted by Crippen LogP contribution is -2.48. The number of piperazine rings is 1. The zero-order valence-electron chi connectivity index (χ0n) is 17.2. The molecule has 30 heavy (non-hydrogen) atoms. The summed E-state index contributed by atoms with van der Waals surface area (Å²) in [5.41, 5.74) is 0.827. The molecule has 0 radical (unpaired) electrons. The maximum Gasteiger partial charge on any atom is 0.223 e. The fourth-order valence-electron chi connectivity index (χ4n) is 3.49. The Balaban J connectivity index is 1.34.